The van der Waals surface area contributed by atoms with Crippen molar-refractivity contribution in [2.45, 2.75) is 13.3 Å². The van der Waals surface area contributed by atoms with Crippen LogP contribution in [0.3, 0.4) is 0 Å². The molecule has 1 aromatic rings. The highest BCUT2D eigenvalue weighted by Crippen LogP contribution is 2.13. The Morgan fingerprint density at radius 3 is 2.68 bits per heavy atom. The molecule has 25 heavy (non-hydrogen) atoms. The van der Waals surface area contributed by atoms with Crippen LogP contribution in [0.25, 0.3) is 0 Å². The molecule has 0 saturated carbocycles. The number of guanidine groups is 1. The summed E-state index contributed by atoms with van der Waals surface area (Å²) in [6, 6.07) is 4.26. The number of sulfone groups is 1. The molecule has 1 aliphatic rings. The van der Waals surface area contributed by atoms with Crippen LogP contribution in [0.15, 0.2) is 22.5 Å². The Morgan fingerprint density at radius 2 is 2.08 bits per heavy atom. The molecule has 1 unspecified atom stereocenters. The molecule has 0 spiro atoms. The third-order valence-corrected chi connectivity index (χ3v) is 6.64. The monoisotopic (exact) mass is 500 g/mol. The number of halogens is 1. The first-order valence-electron chi connectivity index (χ1n) is 8.38. The lowest BCUT2D eigenvalue weighted by Crippen LogP contribution is -2.46. The Kier molecular flexibility index (Phi) is 10.3. The highest BCUT2D eigenvalue weighted by molar-refractivity contribution is 14.0. The van der Waals surface area contributed by atoms with Crippen LogP contribution in [-0.2, 0) is 16.3 Å². The van der Waals surface area contributed by atoms with Gasteiger partial charge in [-0.3, -0.25) is 9.89 Å². The van der Waals surface area contributed by atoms with Gasteiger partial charge in [-0.15, -0.1) is 35.3 Å². The topological polar surface area (TPSA) is 73.8 Å². The number of nitrogens with one attached hydrogen (secondary N) is 2. The fraction of sp³-hybridized carbons (Fsp3) is 0.688. The van der Waals surface area contributed by atoms with E-state index in [1.165, 1.54) is 4.88 Å². The Bertz CT molecular complexity index is 606. The lowest BCUT2D eigenvalue weighted by atomic mass is 10.1. The van der Waals surface area contributed by atoms with Gasteiger partial charge in [-0.2, -0.15) is 0 Å². The molecule has 1 atom stereocenters. The minimum absolute atomic E-state index is 0. The molecule has 1 fully saturated rings. The second-order valence-corrected chi connectivity index (χ2v) is 9.60. The van der Waals surface area contributed by atoms with Gasteiger partial charge in [0.2, 0.25) is 0 Å². The van der Waals surface area contributed by atoms with Gasteiger partial charge in [0.1, 0.15) is 0 Å². The molecule has 9 heteroatoms. The van der Waals surface area contributed by atoms with Crippen LogP contribution in [0, 0.1) is 5.92 Å². The van der Waals surface area contributed by atoms with Crippen molar-refractivity contribution in [3.63, 3.8) is 0 Å². The summed E-state index contributed by atoms with van der Waals surface area (Å²) in [7, 11) is -1.03. The highest BCUT2D eigenvalue weighted by Gasteiger charge is 2.20. The quantitative estimate of drug-likeness (QED) is 0.337. The summed E-state index contributed by atoms with van der Waals surface area (Å²) in [5.41, 5.74) is 0. The maximum Gasteiger partial charge on any atom is 0.191 e. The van der Waals surface area contributed by atoms with Gasteiger partial charge in [0.05, 0.1) is 11.5 Å². The largest absolute Gasteiger partial charge is 0.356 e. The summed E-state index contributed by atoms with van der Waals surface area (Å²) < 4.78 is 22.8. The second kappa shape index (κ2) is 11.3. The van der Waals surface area contributed by atoms with Crippen molar-refractivity contribution >= 4 is 51.1 Å². The Hall–Kier alpha value is -0.390. The summed E-state index contributed by atoms with van der Waals surface area (Å²) in [5.74, 6) is 1.90. The molecule has 1 aromatic heterocycles. The Morgan fingerprint density at radius 1 is 1.36 bits per heavy atom. The third kappa shape index (κ3) is 8.69. The maximum atomic E-state index is 11.4. The van der Waals surface area contributed by atoms with E-state index in [0.717, 1.165) is 32.0 Å². The Labute approximate surface area is 172 Å². The van der Waals surface area contributed by atoms with Crippen molar-refractivity contribution in [1.29, 1.82) is 0 Å². The molecular weight excluding hydrogens is 471 g/mol. The normalized spacial score (nSPS) is 19.0. The van der Waals surface area contributed by atoms with Gasteiger partial charge in [0.15, 0.2) is 15.8 Å². The van der Waals surface area contributed by atoms with E-state index >= 15 is 0 Å². The number of nitrogens with zero attached hydrogens (tertiary/aromatic N) is 2. The van der Waals surface area contributed by atoms with Crippen molar-refractivity contribution in [2.75, 3.05) is 51.3 Å². The van der Waals surface area contributed by atoms with Gasteiger partial charge in [0, 0.05) is 44.6 Å². The first-order valence-corrected chi connectivity index (χ1v) is 11.1. The van der Waals surface area contributed by atoms with Gasteiger partial charge in [0.25, 0.3) is 0 Å². The smallest absolute Gasteiger partial charge is 0.191 e. The zero-order chi connectivity index (χ0) is 17.4. The zero-order valence-electron chi connectivity index (χ0n) is 14.9. The van der Waals surface area contributed by atoms with Gasteiger partial charge < -0.3 is 10.6 Å². The molecule has 0 radical (unpaired) electrons. The van der Waals surface area contributed by atoms with Crippen LogP contribution in [-0.4, -0.2) is 70.6 Å². The van der Waals surface area contributed by atoms with Crippen molar-refractivity contribution in [3.8, 4) is 0 Å². The lowest BCUT2D eigenvalue weighted by Gasteiger charge is -2.26. The van der Waals surface area contributed by atoms with Crippen molar-refractivity contribution in [2.24, 2.45) is 10.9 Å². The number of rotatable bonds is 7. The SMILES string of the molecule is CN=C(NCCN1CCS(=O)(=O)CC1)NCC(C)Cc1cccs1.I. The van der Waals surface area contributed by atoms with E-state index in [1.54, 1.807) is 18.4 Å². The van der Waals surface area contributed by atoms with E-state index in [9.17, 15) is 8.42 Å². The zero-order valence-corrected chi connectivity index (χ0v) is 18.9. The number of aliphatic imine (C=N–C) groups is 1. The van der Waals surface area contributed by atoms with Crippen LogP contribution in [0.5, 0.6) is 0 Å². The summed E-state index contributed by atoms with van der Waals surface area (Å²) >= 11 is 1.80. The Balaban J connectivity index is 0.00000312. The van der Waals surface area contributed by atoms with Gasteiger partial charge in [-0.25, -0.2) is 8.42 Å². The number of hydrogen-bond acceptors (Lipinski definition) is 5. The van der Waals surface area contributed by atoms with E-state index in [4.69, 9.17) is 0 Å². The van der Waals surface area contributed by atoms with E-state index in [2.05, 4.69) is 45.0 Å². The third-order valence-electron chi connectivity index (χ3n) is 4.13. The minimum Gasteiger partial charge on any atom is -0.356 e. The molecule has 0 amide bonds. The standard InChI is InChI=1S/C16H28N4O2S2.HI/c1-14(12-15-4-3-9-23-15)13-19-16(17-2)18-5-6-20-7-10-24(21,22)11-8-20;/h3-4,9,14H,5-8,10-13H2,1-2H3,(H2,17,18,19);1H. The lowest BCUT2D eigenvalue weighted by molar-refractivity contribution is 0.299. The molecule has 2 N–H and O–H groups in total. The van der Waals surface area contributed by atoms with Crippen LogP contribution in [0.4, 0.5) is 0 Å². The molecule has 144 valence electrons. The average Bonchev–Trinajstić information content (AvgIpc) is 3.05. The summed E-state index contributed by atoms with van der Waals surface area (Å²) in [6.07, 6.45) is 1.07. The number of thiophene rings is 1. The molecule has 0 aliphatic carbocycles. The van der Waals surface area contributed by atoms with Gasteiger partial charge in [-0.1, -0.05) is 13.0 Å². The first-order chi connectivity index (χ1) is 11.5. The molecule has 0 bridgehead atoms. The van der Waals surface area contributed by atoms with E-state index in [0.29, 0.717) is 19.0 Å². The molecule has 0 aromatic carbocycles. The van der Waals surface area contributed by atoms with E-state index < -0.39 is 9.84 Å². The van der Waals surface area contributed by atoms with Crippen LogP contribution in [0.1, 0.15) is 11.8 Å². The molecule has 2 heterocycles. The predicted octanol–water partition coefficient (Wildman–Crippen LogP) is 1.44. The summed E-state index contributed by atoms with van der Waals surface area (Å²) in [4.78, 5) is 7.84. The molecule has 1 saturated heterocycles. The number of hydrogen-bond donors (Lipinski definition) is 2. The van der Waals surface area contributed by atoms with Crippen molar-refractivity contribution < 1.29 is 8.42 Å². The van der Waals surface area contributed by atoms with Crippen LogP contribution in [0.2, 0.25) is 0 Å². The van der Waals surface area contributed by atoms with Gasteiger partial charge in [-0.05, 0) is 23.8 Å². The molecular formula is C16H29IN4O2S2. The highest BCUT2D eigenvalue weighted by atomic mass is 127. The van der Waals surface area contributed by atoms with Crippen molar-refractivity contribution in [1.82, 2.24) is 15.5 Å². The summed E-state index contributed by atoms with van der Waals surface area (Å²) in [5, 5.41) is 8.78. The van der Waals surface area contributed by atoms with Crippen LogP contribution < -0.4 is 10.6 Å². The maximum absolute atomic E-state index is 11.4. The molecule has 6 nitrogen and oxygen atoms in total. The summed E-state index contributed by atoms with van der Waals surface area (Å²) in [6.45, 7) is 5.97. The average molecular weight is 500 g/mol. The second-order valence-electron chi connectivity index (χ2n) is 6.26. The van der Waals surface area contributed by atoms with E-state index in [-0.39, 0.29) is 35.5 Å². The molecule has 2 rings (SSSR count). The van der Waals surface area contributed by atoms with Gasteiger partial charge >= 0.3 is 0 Å². The predicted molar refractivity (Wildman–Crippen MR) is 117 cm³/mol. The fourth-order valence-corrected chi connectivity index (χ4v) is 4.79. The fourth-order valence-electron chi connectivity index (χ4n) is 2.64. The first kappa shape index (κ1) is 22.7. The molecule has 1 aliphatic heterocycles. The van der Waals surface area contributed by atoms with E-state index in [1.807, 2.05) is 0 Å². The minimum atomic E-state index is -2.80. The van der Waals surface area contributed by atoms with Crippen molar-refractivity contribution in [3.05, 3.63) is 22.4 Å². The van der Waals surface area contributed by atoms with Crippen LogP contribution >= 0.6 is 35.3 Å².